The first-order valence-electron chi connectivity index (χ1n) is 9.51. The van der Waals surface area contributed by atoms with E-state index >= 15 is 0 Å². The molecule has 0 bridgehead atoms. The van der Waals surface area contributed by atoms with Crippen molar-refractivity contribution in [2.24, 2.45) is 11.8 Å². The number of rotatable bonds is 4. The highest BCUT2D eigenvalue weighted by molar-refractivity contribution is 5.58. The molecule has 3 nitrogen and oxygen atoms in total. The van der Waals surface area contributed by atoms with Gasteiger partial charge in [-0.05, 0) is 49.8 Å². The van der Waals surface area contributed by atoms with E-state index in [0.717, 1.165) is 31.3 Å². The van der Waals surface area contributed by atoms with E-state index in [1.54, 1.807) is 0 Å². The molecular weight excluding hydrogens is 286 g/mol. The third-order valence-corrected chi connectivity index (χ3v) is 5.88. The summed E-state index contributed by atoms with van der Waals surface area (Å²) < 4.78 is 12.0. The second-order valence-electron chi connectivity index (χ2n) is 7.41. The Bertz CT molecular complexity index is 538. The van der Waals surface area contributed by atoms with E-state index in [1.807, 2.05) is 0 Å². The van der Waals surface area contributed by atoms with Crippen molar-refractivity contribution in [3.63, 3.8) is 0 Å². The topological polar surface area (TPSA) is 30.5 Å². The van der Waals surface area contributed by atoms with Gasteiger partial charge in [0, 0.05) is 29.8 Å². The largest absolute Gasteiger partial charge is 0.494 e. The molecule has 23 heavy (non-hydrogen) atoms. The zero-order valence-electron chi connectivity index (χ0n) is 14.2. The molecule has 0 radical (unpaired) electrons. The van der Waals surface area contributed by atoms with E-state index in [-0.39, 0.29) is 6.10 Å². The molecule has 1 saturated heterocycles. The molecule has 0 spiro atoms. The fraction of sp³-hybridized carbons (Fsp3) is 0.700. The van der Waals surface area contributed by atoms with Gasteiger partial charge in [-0.25, -0.2) is 0 Å². The molecule has 3 atom stereocenters. The Labute approximate surface area is 139 Å². The minimum absolute atomic E-state index is 0.267. The van der Waals surface area contributed by atoms with Crippen LogP contribution >= 0.6 is 0 Å². The SMILES string of the molecule is CCCOc1ccc2c(c1)C1OCCC1C(C1CCCCC1)N2. The number of nitrogens with one attached hydrogen (secondary N) is 1. The second-order valence-corrected chi connectivity index (χ2v) is 7.41. The second kappa shape index (κ2) is 6.72. The molecule has 2 heterocycles. The van der Waals surface area contributed by atoms with Crippen molar-refractivity contribution in [1.82, 2.24) is 0 Å². The molecule has 3 heteroatoms. The van der Waals surface area contributed by atoms with Crippen LogP contribution < -0.4 is 10.1 Å². The Kier molecular flexibility index (Phi) is 4.48. The monoisotopic (exact) mass is 315 g/mol. The summed E-state index contributed by atoms with van der Waals surface area (Å²) in [7, 11) is 0. The Morgan fingerprint density at radius 3 is 2.87 bits per heavy atom. The van der Waals surface area contributed by atoms with Crippen molar-refractivity contribution in [1.29, 1.82) is 0 Å². The molecule has 126 valence electrons. The quantitative estimate of drug-likeness (QED) is 0.855. The van der Waals surface area contributed by atoms with E-state index < -0.39 is 0 Å². The van der Waals surface area contributed by atoms with Gasteiger partial charge in [-0.3, -0.25) is 0 Å². The summed E-state index contributed by atoms with van der Waals surface area (Å²) >= 11 is 0. The molecular formula is C20H29NO2. The lowest BCUT2D eigenvalue weighted by atomic mass is 9.73. The zero-order valence-corrected chi connectivity index (χ0v) is 14.2. The average Bonchev–Trinajstić information content (AvgIpc) is 3.10. The molecule has 1 aromatic rings. The summed E-state index contributed by atoms with van der Waals surface area (Å²) in [5, 5.41) is 3.89. The lowest BCUT2D eigenvalue weighted by Gasteiger charge is -2.42. The third kappa shape index (κ3) is 2.96. The number of ether oxygens (including phenoxy) is 2. The van der Waals surface area contributed by atoms with Crippen molar-refractivity contribution in [2.45, 2.75) is 64.0 Å². The van der Waals surface area contributed by atoms with E-state index in [2.05, 4.69) is 30.4 Å². The maximum absolute atomic E-state index is 6.17. The average molecular weight is 315 g/mol. The highest BCUT2D eigenvalue weighted by Crippen LogP contribution is 2.49. The first kappa shape index (κ1) is 15.3. The minimum atomic E-state index is 0.267. The molecule has 1 aliphatic carbocycles. The standard InChI is InChI=1S/C20H29NO2/c1-2-11-22-15-8-9-18-17(13-15)20-16(10-12-23-20)19(21-18)14-6-4-3-5-7-14/h8-9,13-14,16,19-21H,2-7,10-12H2,1H3. The Morgan fingerprint density at radius 2 is 2.04 bits per heavy atom. The lowest BCUT2D eigenvalue weighted by molar-refractivity contribution is 0.0730. The van der Waals surface area contributed by atoms with Crippen LogP contribution in [0, 0.1) is 11.8 Å². The van der Waals surface area contributed by atoms with Crippen molar-refractivity contribution >= 4 is 5.69 Å². The summed E-state index contributed by atoms with van der Waals surface area (Å²) in [6.45, 7) is 3.83. The fourth-order valence-corrected chi connectivity index (χ4v) is 4.76. The van der Waals surface area contributed by atoms with Crippen molar-refractivity contribution in [3.8, 4) is 5.75 Å². The molecule has 3 unspecified atom stereocenters. The number of anilines is 1. The zero-order chi connectivity index (χ0) is 15.6. The number of hydrogen-bond acceptors (Lipinski definition) is 3. The molecule has 0 aromatic heterocycles. The fourth-order valence-electron chi connectivity index (χ4n) is 4.76. The van der Waals surface area contributed by atoms with Crippen LogP contribution in [0.3, 0.4) is 0 Å². The Balaban J connectivity index is 1.59. The number of hydrogen-bond donors (Lipinski definition) is 1. The Hall–Kier alpha value is -1.22. The molecule has 1 saturated carbocycles. The van der Waals surface area contributed by atoms with Crippen LogP contribution in [0.4, 0.5) is 5.69 Å². The molecule has 1 aromatic carbocycles. The van der Waals surface area contributed by atoms with Crippen molar-refractivity contribution in [2.75, 3.05) is 18.5 Å². The first-order chi connectivity index (χ1) is 11.4. The summed E-state index contributed by atoms with van der Waals surface area (Å²) in [5.41, 5.74) is 2.58. The predicted octanol–water partition coefficient (Wildman–Crippen LogP) is 4.93. The normalized spacial score (nSPS) is 30.4. The molecule has 0 amide bonds. The summed E-state index contributed by atoms with van der Waals surface area (Å²) in [6, 6.07) is 7.11. The molecule has 2 aliphatic heterocycles. The van der Waals surface area contributed by atoms with Crippen LogP contribution in [0.15, 0.2) is 18.2 Å². The van der Waals surface area contributed by atoms with Gasteiger partial charge in [0.1, 0.15) is 5.75 Å². The van der Waals surface area contributed by atoms with Gasteiger partial charge >= 0.3 is 0 Å². The highest BCUT2D eigenvalue weighted by Gasteiger charge is 2.43. The molecule has 4 rings (SSSR count). The van der Waals surface area contributed by atoms with Gasteiger partial charge in [0.2, 0.25) is 0 Å². The van der Waals surface area contributed by atoms with Gasteiger partial charge in [0.25, 0.3) is 0 Å². The highest BCUT2D eigenvalue weighted by atomic mass is 16.5. The van der Waals surface area contributed by atoms with Gasteiger partial charge in [0.05, 0.1) is 12.7 Å². The van der Waals surface area contributed by atoms with Gasteiger partial charge in [-0.2, -0.15) is 0 Å². The van der Waals surface area contributed by atoms with E-state index in [4.69, 9.17) is 9.47 Å². The van der Waals surface area contributed by atoms with E-state index in [0.29, 0.717) is 12.0 Å². The first-order valence-corrected chi connectivity index (χ1v) is 9.51. The van der Waals surface area contributed by atoms with Crippen LogP contribution in [-0.4, -0.2) is 19.3 Å². The van der Waals surface area contributed by atoms with Crippen LogP contribution in [-0.2, 0) is 4.74 Å². The van der Waals surface area contributed by atoms with Gasteiger partial charge in [0.15, 0.2) is 0 Å². The number of benzene rings is 1. The van der Waals surface area contributed by atoms with Crippen LogP contribution in [0.1, 0.15) is 63.5 Å². The van der Waals surface area contributed by atoms with E-state index in [1.165, 1.54) is 49.8 Å². The van der Waals surface area contributed by atoms with Crippen molar-refractivity contribution in [3.05, 3.63) is 23.8 Å². The summed E-state index contributed by atoms with van der Waals surface area (Å²) in [4.78, 5) is 0. The van der Waals surface area contributed by atoms with E-state index in [9.17, 15) is 0 Å². The molecule has 2 fully saturated rings. The maximum Gasteiger partial charge on any atom is 0.119 e. The van der Waals surface area contributed by atoms with Gasteiger partial charge < -0.3 is 14.8 Å². The summed E-state index contributed by atoms with van der Waals surface area (Å²) in [5.74, 6) is 2.44. The maximum atomic E-state index is 6.17. The predicted molar refractivity (Wildman–Crippen MR) is 93.0 cm³/mol. The van der Waals surface area contributed by atoms with Crippen LogP contribution in [0.2, 0.25) is 0 Å². The molecule has 3 aliphatic rings. The number of fused-ring (bicyclic) bond motifs is 3. The third-order valence-electron chi connectivity index (χ3n) is 5.88. The Morgan fingerprint density at radius 1 is 1.17 bits per heavy atom. The van der Waals surface area contributed by atoms with Gasteiger partial charge in [-0.15, -0.1) is 0 Å². The van der Waals surface area contributed by atoms with Crippen LogP contribution in [0.25, 0.3) is 0 Å². The van der Waals surface area contributed by atoms with Crippen LogP contribution in [0.5, 0.6) is 5.75 Å². The van der Waals surface area contributed by atoms with Crippen molar-refractivity contribution < 1.29 is 9.47 Å². The summed E-state index contributed by atoms with van der Waals surface area (Å²) in [6.07, 6.45) is 9.49. The van der Waals surface area contributed by atoms with Gasteiger partial charge in [-0.1, -0.05) is 26.2 Å². The smallest absolute Gasteiger partial charge is 0.119 e. The minimum Gasteiger partial charge on any atom is -0.494 e. The molecule has 1 N–H and O–H groups in total. The lowest BCUT2D eigenvalue weighted by Crippen LogP contribution is -2.42.